The maximum atomic E-state index is 14.2. The molecule has 1 fully saturated rings. The summed E-state index contributed by atoms with van der Waals surface area (Å²) in [4.78, 5) is 29.7. The molecule has 41 heavy (non-hydrogen) atoms. The first-order chi connectivity index (χ1) is 19.5. The van der Waals surface area contributed by atoms with E-state index in [1.165, 1.54) is 0 Å². The van der Waals surface area contributed by atoms with Gasteiger partial charge in [-0.1, -0.05) is 88.9 Å². The van der Waals surface area contributed by atoms with Crippen LogP contribution in [0.1, 0.15) is 47.9 Å². The average molecular weight is 641 g/mol. The van der Waals surface area contributed by atoms with Crippen LogP contribution in [0.3, 0.4) is 0 Å². The van der Waals surface area contributed by atoms with E-state index in [0.29, 0.717) is 12.1 Å². The minimum atomic E-state index is -3.80. The van der Waals surface area contributed by atoms with E-state index in [1.54, 1.807) is 11.0 Å². The fraction of sp³-hybridized carbons (Fsp3) is 0.375. The summed E-state index contributed by atoms with van der Waals surface area (Å²) < 4.78 is 28.1. The van der Waals surface area contributed by atoms with Crippen LogP contribution in [0.4, 0.5) is 5.69 Å². The molecule has 1 unspecified atom stereocenters. The lowest BCUT2D eigenvalue weighted by Gasteiger charge is -2.34. The predicted octanol–water partition coefficient (Wildman–Crippen LogP) is 5.53. The summed E-state index contributed by atoms with van der Waals surface area (Å²) in [5.41, 5.74) is 3.95. The molecule has 4 rings (SSSR count). The number of nitrogens with zero attached hydrogens (tertiary/aromatic N) is 2. The van der Waals surface area contributed by atoms with Crippen molar-refractivity contribution in [2.24, 2.45) is 0 Å². The number of carbonyl (C=O) groups excluding carboxylic acids is 2. The lowest BCUT2D eigenvalue weighted by Crippen LogP contribution is -2.54. The molecule has 3 aromatic carbocycles. The molecule has 0 aromatic heterocycles. The summed E-state index contributed by atoms with van der Waals surface area (Å²) in [7, 11) is -3.80. The maximum Gasteiger partial charge on any atom is 0.244 e. The van der Waals surface area contributed by atoms with Gasteiger partial charge in [-0.15, -0.1) is 0 Å². The first-order valence-electron chi connectivity index (χ1n) is 13.9. The van der Waals surface area contributed by atoms with E-state index in [-0.39, 0.29) is 18.5 Å². The predicted molar refractivity (Wildman–Crippen MR) is 167 cm³/mol. The fourth-order valence-corrected chi connectivity index (χ4v) is 6.56. The van der Waals surface area contributed by atoms with Crippen LogP contribution < -0.4 is 9.62 Å². The van der Waals surface area contributed by atoms with Gasteiger partial charge < -0.3 is 10.2 Å². The number of nitrogens with one attached hydrogen (secondary N) is 1. The summed E-state index contributed by atoms with van der Waals surface area (Å²) in [6, 6.07) is 21.9. The van der Waals surface area contributed by atoms with Gasteiger partial charge in [-0.05, 0) is 61.6 Å². The van der Waals surface area contributed by atoms with E-state index < -0.39 is 28.5 Å². The Bertz CT molecular complexity index is 1460. The zero-order valence-electron chi connectivity index (χ0n) is 23.8. The number of aryl methyl sites for hydroxylation is 2. The Hall–Kier alpha value is -3.17. The van der Waals surface area contributed by atoms with Crippen molar-refractivity contribution in [3.63, 3.8) is 0 Å². The van der Waals surface area contributed by atoms with Gasteiger partial charge in [0.05, 0.1) is 11.9 Å². The topological polar surface area (TPSA) is 86.8 Å². The van der Waals surface area contributed by atoms with Crippen LogP contribution >= 0.6 is 15.9 Å². The standard InChI is InChI=1S/C32H38BrN3O4S/c1-23-13-18-29(24(2)19-23)36(41(3,39)40)22-31(37)35(21-26-14-16-27(33)17-15-26)30(20-25-9-5-4-6-10-25)32(38)34-28-11-7-8-12-28/h4-6,9-10,13-19,28,30H,7-8,11-12,20-22H2,1-3H3,(H,34,38). The van der Waals surface area contributed by atoms with Gasteiger partial charge >= 0.3 is 0 Å². The van der Waals surface area contributed by atoms with Gasteiger partial charge in [0.1, 0.15) is 12.6 Å². The highest BCUT2D eigenvalue weighted by atomic mass is 79.9. The zero-order chi connectivity index (χ0) is 29.6. The third-order valence-electron chi connectivity index (χ3n) is 7.54. The molecule has 0 heterocycles. The minimum absolute atomic E-state index is 0.0770. The van der Waals surface area contributed by atoms with Crippen molar-refractivity contribution in [2.75, 3.05) is 17.1 Å². The lowest BCUT2D eigenvalue weighted by molar-refractivity contribution is -0.140. The molecular formula is C32H38BrN3O4S. The maximum absolute atomic E-state index is 14.2. The fourth-order valence-electron chi connectivity index (χ4n) is 5.39. The highest BCUT2D eigenvalue weighted by molar-refractivity contribution is 9.10. The average Bonchev–Trinajstić information content (AvgIpc) is 3.43. The Morgan fingerprint density at radius 2 is 1.61 bits per heavy atom. The van der Waals surface area contributed by atoms with E-state index in [0.717, 1.165) is 63.0 Å². The molecule has 0 spiro atoms. The second kappa shape index (κ2) is 13.7. The molecule has 218 valence electrons. The zero-order valence-corrected chi connectivity index (χ0v) is 26.2. The second-order valence-corrected chi connectivity index (χ2v) is 13.7. The Balaban J connectivity index is 1.73. The Morgan fingerprint density at radius 3 is 2.22 bits per heavy atom. The highest BCUT2D eigenvalue weighted by Gasteiger charge is 2.34. The number of sulfonamides is 1. The first kappa shape index (κ1) is 30.8. The summed E-state index contributed by atoms with van der Waals surface area (Å²) in [5.74, 6) is -0.663. The molecule has 0 bridgehead atoms. The third-order valence-corrected chi connectivity index (χ3v) is 9.19. The van der Waals surface area contributed by atoms with Crippen molar-refractivity contribution in [2.45, 2.75) is 64.6 Å². The molecular weight excluding hydrogens is 602 g/mol. The van der Waals surface area contributed by atoms with Crippen LogP contribution in [0.2, 0.25) is 0 Å². The number of benzene rings is 3. The van der Waals surface area contributed by atoms with E-state index in [2.05, 4.69) is 21.2 Å². The Labute approximate surface area is 252 Å². The summed E-state index contributed by atoms with van der Waals surface area (Å²) in [6.07, 6.45) is 5.37. The summed E-state index contributed by atoms with van der Waals surface area (Å²) >= 11 is 3.46. The molecule has 9 heteroatoms. The molecule has 7 nitrogen and oxygen atoms in total. The van der Waals surface area contributed by atoms with Crippen molar-refractivity contribution in [1.82, 2.24) is 10.2 Å². The van der Waals surface area contributed by atoms with Gasteiger partial charge in [-0.3, -0.25) is 13.9 Å². The van der Waals surface area contributed by atoms with Crippen molar-refractivity contribution in [3.05, 3.63) is 99.5 Å². The normalized spacial score (nSPS) is 14.4. The van der Waals surface area contributed by atoms with Crippen molar-refractivity contribution in [3.8, 4) is 0 Å². The quantitative estimate of drug-likeness (QED) is 0.299. The SMILES string of the molecule is Cc1ccc(N(CC(=O)N(Cc2ccc(Br)cc2)C(Cc2ccccc2)C(=O)NC2CCCC2)S(C)(=O)=O)c(C)c1. The number of carbonyl (C=O) groups is 2. The molecule has 1 saturated carbocycles. The molecule has 1 aliphatic rings. The van der Waals surface area contributed by atoms with E-state index in [1.807, 2.05) is 80.6 Å². The Kier molecular flexibility index (Phi) is 10.3. The number of hydrogen-bond donors (Lipinski definition) is 1. The van der Waals surface area contributed by atoms with Crippen LogP contribution in [0.15, 0.2) is 77.3 Å². The number of anilines is 1. The number of hydrogen-bond acceptors (Lipinski definition) is 4. The van der Waals surface area contributed by atoms with Crippen molar-refractivity contribution < 1.29 is 18.0 Å². The molecule has 1 atom stereocenters. The lowest BCUT2D eigenvalue weighted by atomic mass is 10.0. The van der Waals surface area contributed by atoms with Gasteiger partial charge in [0, 0.05) is 23.5 Å². The van der Waals surface area contributed by atoms with E-state index in [4.69, 9.17) is 0 Å². The number of halogens is 1. The highest BCUT2D eigenvalue weighted by Crippen LogP contribution is 2.25. The number of rotatable bonds is 11. The van der Waals surface area contributed by atoms with Gasteiger partial charge in [-0.25, -0.2) is 8.42 Å². The molecule has 3 aromatic rings. The van der Waals surface area contributed by atoms with E-state index >= 15 is 0 Å². The van der Waals surface area contributed by atoms with Crippen LogP contribution in [0.5, 0.6) is 0 Å². The third kappa shape index (κ3) is 8.42. The molecule has 1 aliphatic carbocycles. The van der Waals surface area contributed by atoms with Crippen LogP contribution in [0.25, 0.3) is 0 Å². The molecule has 0 radical (unpaired) electrons. The van der Waals surface area contributed by atoms with Crippen molar-refractivity contribution in [1.29, 1.82) is 0 Å². The van der Waals surface area contributed by atoms with Crippen LogP contribution in [-0.4, -0.2) is 50.0 Å². The minimum Gasteiger partial charge on any atom is -0.352 e. The summed E-state index contributed by atoms with van der Waals surface area (Å²) in [6.45, 7) is 3.51. The second-order valence-electron chi connectivity index (χ2n) is 10.9. The molecule has 2 amide bonds. The molecule has 0 saturated heterocycles. The monoisotopic (exact) mass is 639 g/mol. The smallest absolute Gasteiger partial charge is 0.244 e. The Morgan fingerprint density at radius 1 is 0.951 bits per heavy atom. The largest absolute Gasteiger partial charge is 0.352 e. The van der Waals surface area contributed by atoms with Crippen molar-refractivity contribution >= 4 is 43.5 Å². The van der Waals surface area contributed by atoms with Crippen LogP contribution in [-0.2, 0) is 32.6 Å². The first-order valence-corrected chi connectivity index (χ1v) is 16.6. The van der Waals surface area contributed by atoms with Crippen LogP contribution in [0, 0.1) is 13.8 Å². The molecule has 0 aliphatic heterocycles. The summed E-state index contributed by atoms with van der Waals surface area (Å²) in [5, 5.41) is 3.19. The van der Waals surface area contributed by atoms with Gasteiger partial charge in [0.15, 0.2) is 0 Å². The van der Waals surface area contributed by atoms with E-state index in [9.17, 15) is 18.0 Å². The van der Waals surface area contributed by atoms with Gasteiger partial charge in [-0.2, -0.15) is 0 Å². The van der Waals surface area contributed by atoms with Gasteiger partial charge in [0.25, 0.3) is 0 Å². The molecule has 1 N–H and O–H groups in total. The van der Waals surface area contributed by atoms with Gasteiger partial charge in [0.2, 0.25) is 21.8 Å². The number of amides is 2.